The van der Waals surface area contributed by atoms with Gasteiger partial charge in [-0.25, -0.2) is 18.6 Å². The third-order valence-electron chi connectivity index (χ3n) is 3.30. The van der Waals surface area contributed by atoms with Crippen LogP contribution in [0.3, 0.4) is 0 Å². The minimum absolute atomic E-state index is 0.249. The summed E-state index contributed by atoms with van der Waals surface area (Å²) in [7, 11) is 0. The van der Waals surface area contributed by atoms with E-state index in [0.29, 0.717) is 12.2 Å². The monoisotopic (exact) mass is 301 g/mol. The average molecular weight is 301 g/mol. The van der Waals surface area contributed by atoms with Crippen molar-refractivity contribution in [3.8, 4) is 0 Å². The zero-order valence-corrected chi connectivity index (χ0v) is 12.6. The Labute approximate surface area is 122 Å². The van der Waals surface area contributed by atoms with Gasteiger partial charge in [0.2, 0.25) is 0 Å². The zero-order chi connectivity index (χ0) is 15.6. The second kappa shape index (κ2) is 5.99. The molecule has 1 aromatic rings. The Hall–Kier alpha value is -1.66. The fourth-order valence-electron chi connectivity index (χ4n) is 2.52. The molecule has 0 aromatic carbocycles. The first-order chi connectivity index (χ1) is 9.78. The first kappa shape index (κ1) is 15.7. The molecular formula is C14H21F2N3O2. The van der Waals surface area contributed by atoms with Gasteiger partial charge >= 0.3 is 6.09 Å². The minimum atomic E-state index is -2.45. The molecule has 1 unspecified atom stereocenters. The quantitative estimate of drug-likeness (QED) is 0.861. The Morgan fingerprint density at radius 3 is 2.86 bits per heavy atom. The normalized spacial score (nSPS) is 19.3. The summed E-state index contributed by atoms with van der Waals surface area (Å²) in [6, 6.07) is -0.249. The highest BCUT2D eigenvalue weighted by molar-refractivity contribution is 5.69. The lowest BCUT2D eigenvalue weighted by molar-refractivity contribution is 0.0217. The first-order valence-electron chi connectivity index (χ1n) is 7.06. The fourth-order valence-corrected chi connectivity index (χ4v) is 2.52. The molecule has 1 aliphatic rings. The number of likely N-dealkylation sites (tertiary alicyclic amines) is 1. The minimum Gasteiger partial charge on any atom is -0.444 e. The van der Waals surface area contributed by atoms with Crippen LogP contribution < -0.4 is 0 Å². The van der Waals surface area contributed by atoms with Crippen LogP contribution in [-0.2, 0) is 11.3 Å². The van der Waals surface area contributed by atoms with Gasteiger partial charge in [0.25, 0.3) is 6.43 Å². The van der Waals surface area contributed by atoms with Crippen LogP contribution in [0.2, 0.25) is 0 Å². The van der Waals surface area contributed by atoms with E-state index in [1.54, 1.807) is 31.9 Å². The van der Waals surface area contributed by atoms with Gasteiger partial charge < -0.3 is 9.30 Å². The van der Waals surface area contributed by atoms with E-state index in [1.807, 2.05) is 0 Å². The molecule has 0 N–H and O–H groups in total. The lowest BCUT2D eigenvalue weighted by atomic mass is 10.1. The van der Waals surface area contributed by atoms with Gasteiger partial charge in [-0.15, -0.1) is 0 Å². The van der Waals surface area contributed by atoms with Crippen LogP contribution in [0.1, 0.15) is 45.3 Å². The Morgan fingerprint density at radius 2 is 2.24 bits per heavy atom. The molecular weight excluding hydrogens is 280 g/mol. The number of aromatic nitrogens is 2. The molecule has 1 amide bonds. The summed E-state index contributed by atoms with van der Waals surface area (Å²) in [4.78, 5) is 17.8. The molecule has 21 heavy (non-hydrogen) atoms. The number of hydrogen-bond donors (Lipinski definition) is 0. The Morgan fingerprint density at radius 1 is 1.52 bits per heavy atom. The van der Waals surface area contributed by atoms with Crippen LogP contribution in [0.4, 0.5) is 13.6 Å². The Kier molecular flexibility index (Phi) is 4.49. The van der Waals surface area contributed by atoms with Crippen LogP contribution in [0.25, 0.3) is 0 Å². The van der Waals surface area contributed by atoms with E-state index in [9.17, 15) is 13.6 Å². The molecule has 2 heterocycles. The van der Waals surface area contributed by atoms with E-state index in [4.69, 9.17) is 4.74 Å². The second-order valence-electron chi connectivity index (χ2n) is 6.19. The van der Waals surface area contributed by atoms with Gasteiger partial charge in [0.1, 0.15) is 5.60 Å². The van der Waals surface area contributed by atoms with Crippen LogP contribution >= 0.6 is 0 Å². The molecule has 1 saturated heterocycles. The lowest BCUT2D eigenvalue weighted by Gasteiger charge is -2.29. The van der Waals surface area contributed by atoms with Crippen molar-refractivity contribution < 1.29 is 18.3 Å². The van der Waals surface area contributed by atoms with Crippen molar-refractivity contribution in [2.24, 2.45) is 0 Å². The Balaban J connectivity index is 2.15. The molecule has 7 heteroatoms. The summed E-state index contributed by atoms with van der Waals surface area (Å²) >= 11 is 0. The maximum atomic E-state index is 12.6. The Bertz CT molecular complexity index is 497. The summed E-state index contributed by atoms with van der Waals surface area (Å²) in [5.74, 6) is 0. The van der Waals surface area contributed by atoms with Crippen LogP contribution in [0.15, 0.2) is 12.5 Å². The van der Waals surface area contributed by atoms with E-state index in [1.165, 1.54) is 10.9 Å². The van der Waals surface area contributed by atoms with Gasteiger partial charge in [0, 0.05) is 6.54 Å². The molecule has 118 valence electrons. The summed E-state index contributed by atoms with van der Waals surface area (Å²) in [6.07, 6.45) is 1.63. The van der Waals surface area contributed by atoms with E-state index < -0.39 is 24.7 Å². The van der Waals surface area contributed by atoms with Crippen molar-refractivity contribution in [3.63, 3.8) is 0 Å². The number of halogens is 2. The first-order valence-corrected chi connectivity index (χ1v) is 7.06. The summed E-state index contributed by atoms with van der Waals surface area (Å²) < 4.78 is 32.0. The van der Waals surface area contributed by atoms with Gasteiger partial charge in [-0.1, -0.05) is 0 Å². The van der Waals surface area contributed by atoms with E-state index >= 15 is 0 Å². The lowest BCUT2D eigenvalue weighted by Crippen LogP contribution is -2.37. The highest BCUT2D eigenvalue weighted by atomic mass is 19.3. The number of carbonyl (C=O) groups excluding carboxylic acids is 1. The zero-order valence-electron chi connectivity index (χ0n) is 12.6. The van der Waals surface area contributed by atoms with Gasteiger partial charge in [0.05, 0.1) is 30.8 Å². The van der Waals surface area contributed by atoms with Crippen LogP contribution in [0, 0.1) is 0 Å². The highest BCUT2D eigenvalue weighted by Crippen LogP contribution is 2.33. The molecule has 1 fully saturated rings. The number of hydrogen-bond acceptors (Lipinski definition) is 3. The number of nitrogens with zero attached hydrogens (tertiary/aromatic N) is 3. The predicted molar refractivity (Wildman–Crippen MR) is 73.1 cm³/mol. The molecule has 0 aliphatic carbocycles. The standard InChI is InChI=1S/C14H21F2N3O2/c1-14(2,3)21-13(20)19-6-4-5-10(19)11-7-17-9-18(11)8-12(15)16/h7,9-10,12H,4-6,8H2,1-3H3. The number of amides is 1. The van der Waals surface area contributed by atoms with Gasteiger partial charge in [0.15, 0.2) is 0 Å². The van der Waals surface area contributed by atoms with E-state index in [0.717, 1.165) is 12.8 Å². The van der Waals surface area contributed by atoms with E-state index in [2.05, 4.69) is 4.98 Å². The third kappa shape index (κ3) is 3.92. The molecule has 1 aromatic heterocycles. The third-order valence-corrected chi connectivity index (χ3v) is 3.30. The highest BCUT2D eigenvalue weighted by Gasteiger charge is 2.35. The molecule has 0 saturated carbocycles. The molecule has 0 spiro atoms. The summed E-state index contributed by atoms with van der Waals surface area (Å²) in [5, 5.41) is 0. The van der Waals surface area contributed by atoms with Gasteiger partial charge in [-0.3, -0.25) is 4.90 Å². The average Bonchev–Trinajstić information content (AvgIpc) is 2.92. The maximum Gasteiger partial charge on any atom is 0.410 e. The molecule has 1 atom stereocenters. The largest absolute Gasteiger partial charge is 0.444 e. The number of ether oxygens (including phenoxy) is 1. The van der Waals surface area contributed by atoms with Crippen LogP contribution in [-0.4, -0.2) is 39.1 Å². The molecule has 5 nitrogen and oxygen atoms in total. The smallest absolute Gasteiger partial charge is 0.410 e. The number of carbonyl (C=O) groups is 1. The summed E-state index contributed by atoms with van der Waals surface area (Å²) in [6.45, 7) is 5.57. The second-order valence-corrected chi connectivity index (χ2v) is 6.19. The molecule has 0 bridgehead atoms. The topological polar surface area (TPSA) is 47.4 Å². The molecule has 1 aliphatic heterocycles. The summed E-state index contributed by atoms with van der Waals surface area (Å²) in [5.41, 5.74) is 0.0617. The number of imidazole rings is 1. The van der Waals surface area contributed by atoms with Crippen molar-refractivity contribution in [1.29, 1.82) is 0 Å². The predicted octanol–water partition coefficient (Wildman–Crippen LogP) is 3.22. The fraction of sp³-hybridized carbons (Fsp3) is 0.714. The van der Waals surface area contributed by atoms with Crippen molar-refractivity contribution in [2.75, 3.05) is 6.54 Å². The number of alkyl halides is 2. The van der Waals surface area contributed by atoms with Crippen molar-refractivity contribution >= 4 is 6.09 Å². The van der Waals surface area contributed by atoms with Crippen molar-refractivity contribution in [3.05, 3.63) is 18.2 Å². The van der Waals surface area contributed by atoms with Crippen molar-refractivity contribution in [2.45, 2.75) is 58.2 Å². The van der Waals surface area contributed by atoms with Crippen LogP contribution in [0.5, 0.6) is 0 Å². The van der Waals surface area contributed by atoms with Gasteiger partial charge in [-0.2, -0.15) is 0 Å². The SMILES string of the molecule is CC(C)(C)OC(=O)N1CCCC1c1cncn1CC(F)F. The van der Waals surface area contributed by atoms with Gasteiger partial charge in [-0.05, 0) is 33.6 Å². The van der Waals surface area contributed by atoms with E-state index in [-0.39, 0.29) is 6.04 Å². The van der Waals surface area contributed by atoms with Crippen molar-refractivity contribution in [1.82, 2.24) is 14.5 Å². The molecule has 0 radical (unpaired) electrons. The number of rotatable bonds is 3. The molecule has 2 rings (SSSR count). The maximum absolute atomic E-state index is 12.6.